The molecule has 0 aromatic carbocycles. The summed E-state index contributed by atoms with van der Waals surface area (Å²) in [7, 11) is 0. The molecule has 1 heterocycles. The minimum Gasteiger partial charge on any atom is -0.343 e. The summed E-state index contributed by atoms with van der Waals surface area (Å²) in [6.07, 6.45) is 1.40. The van der Waals surface area contributed by atoms with Gasteiger partial charge in [-0.25, -0.2) is 0 Å². The zero-order valence-corrected chi connectivity index (χ0v) is 10.5. The van der Waals surface area contributed by atoms with Crippen LogP contribution in [0.2, 0.25) is 0 Å². The van der Waals surface area contributed by atoms with Gasteiger partial charge in [0.05, 0.1) is 0 Å². The van der Waals surface area contributed by atoms with Crippen molar-refractivity contribution in [3.05, 3.63) is 0 Å². The Kier molecular flexibility index (Phi) is 4.33. The molecule has 2 atom stereocenters. The lowest BCUT2D eigenvalue weighted by Crippen LogP contribution is -2.62. The maximum Gasteiger partial charge on any atom is 0.243 e. The third kappa shape index (κ3) is 3.51. The van der Waals surface area contributed by atoms with Gasteiger partial charge in [0.25, 0.3) is 0 Å². The Labute approximate surface area is 97.2 Å². The van der Waals surface area contributed by atoms with Crippen LogP contribution in [0.25, 0.3) is 0 Å². The Morgan fingerprint density at radius 3 is 1.44 bits per heavy atom. The second kappa shape index (κ2) is 5.32. The molecule has 1 fully saturated rings. The van der Waals surface area contributed by atoms with Crippen LogP contribution in [0.4, 0.5) is 0 Å². The van der Waals surface area contributed by atoms with Crippen LogP contribution in [0.5, 0.6) is 0 Å². The predicted molar refractivity (Wildman–Crippen MR) is 62.8 cm³/mol. The SMILES string of the molecule is CC(C)C[C@@H]1NC(=O)[C@H](CC(C)C)NC1=O. The highest BCUT2D eigenvalue weighted by molar-refractivity contribution is 5.96. The van der Waals surface area contributed by atoms with Crippen LogP contribution < -0.4 is 10.6 Å². The zero-order valence-electron chi connectivity index (χ0n) is 10.5. The molecule has 4 heteroatoms. The maximum absolute atomic E-state index is 11.7. The highest BCUT2D eigenvalue weighted by atomic mass is 16.2. The number of piperazine rings is 1. The molecule has 2 N–H and O–H groups in total. The van der Waals surface area contributed by atoms with Crippen molar-refractivity contribution < 1.29 is 9.59 Å². The predicted octanol–water partition coefficient (Wildman–Crippen LogP) is 1.06. The van der Waals surface area contributed by atoms with Crippen molar-refractivity contribution in [2.45, 2.75) is 52.6 Å². The maximum atomic E-state index is 11.7. The van der Waals surface area contributed by atoms with E-state index in [0.717, 1.165) is 0 Å². The largest absolute Gasteiger partial charge is 0.343 e. The van der Waals surface area contributed by atoms with E-state index in [4.69, 9.17) is 0 Å². The lowest BCUT2D eigenvalue weighted by atomic mass is 9.96. The van der Waals surface area contributed by atoms with Crippen LogP contribution in [0.1, 0.15) is 40.5 Å². The number of amides is 2. The van der Waals surface area contributed by atoms with Crippen molar-refractivity contribution in [2.24, 2.45) is 11.8 Å². The van der Waals surface area contributed by atoms with Crippen LogP contribution in [-0.4, -0.2) is 23.9 Å². The number of nitrogens with one attached hydrogen (secondary N) is 2. The number of carbonyl (C=O) groups excluding carboxylic acids is 2. The van der Waals surface area contributed by atoms with Crippen molar-refractivity contribution in [1.29, 1.82) is 0 Å². The molecule has 1 saturated heterocycles. The van der Waals surface area contributed by atoms with Gasteiger partial charge in [0.2, 0.25) is 11.8 Å². The topological polar surface area (TPSA) is 58.2 Å². The first-order valence-electron chi connectivity index (χ1n) is 6.01. The van der Waals surface area contributed by atoms with E-state index in [1.165, 1.54) is 0 Å². The zero-order chi connectivity index (χ0) is 12.3. The summed E-state index contributed by atoms with van der Waals surface area (Å²) in [4.78, 5) is 23.5. The molecule has 1 rings (SSSR count). The Hall–Kier alpha value is -1.06. The molecule has 0 spiro atoms. The average molecular weight is 226 g/mol. The molecule has 0 aromatic heterocycles. The first kappa shape index (κ1) is 13.0. The summed E-state index contributed by atoms with van der Waals surface area (Å²) in [5, 5.41) is 5.60. The molecule has 0 aromatic rings. The first-order valence-corrected chi connectivity index (χ1v) is 6.01. The standard InChI is InChI=1S/C12H22N2O2/c1-7(2)5-9-11(15)14-10(6-8(3)4)12(16)13-9/h7-10H,5-6H2,1-4H3,(H,13,16)(H,14,15)/t9-,10-/m0/s1. The first-order chi connectivity index (χ1) is 7.40. The van der Waals surface area contributed by atoms with E-state index in [0.29, 0.717) is 24.7 Å². The Morgan fingerprint density at radius 2 is 1.19 bits per heavy atom. The van der Waals surface area contributed by atoms with E-state index in [-0.39, 0.29) is 23.9 Å². The highest BCUT2D eigenvalue weighted by Crippen LogP contribution is 2.12. The summed E-state index contributed by atoms with van der Waals surface area (Å²) in [5.74, 6) is 0.716. The van der Waals surface area contributed by atoms with Gasteiger partial charge in [-0.3, -0.25) is 9.59 Å². The Morgan fingerprint density at radius 1 is 0.875 bits per heavy atom. The molecular formula is C12H22N2O2. The average Bonchev–Trinajstić information content (AvgIpc) is 2.11. The van der Waals surface area contributed by atoms with E-state index < -0.39 is 0 Å². The number of hydrogen-bond donors (Lipinski definition) is 2. The van der Waals surface area contributed by atoms with E-state index in [1.54, 1.807) is 0 Å². The van der Waals surface area contributed by atoms with Crippen molar-refractivity contribution in [2.75, 3.05) is 0 Å². The molecular weight excluding hydrogens is 204 g/mol. The quantitative estimate of drug-likeness (QED) is 0.753. The molecule has 0 unspecified atom stereocenters. The third-order valence-electron chi connectivity index (χ3n) is 2.68. The van der Waals surface area contributed by atoms with E-state index in [2.05, 4.69) is 10.6 Å². The minimum atomic E-state index is -0.351. The summed E-state index contributed by atoms with van der Waals surface area (Å²) >= 11 is 0. The molecule has 1 aliphatic heterocycles. The summed E-state index contributed by atoms with van der Waals surface area (Å²) in [5.41, 5.74) is 0. The molecule has 0 radical (unpaired) electrons. The van der Waals surface area contributed by atoms with Gasteiger partial charge in [-0.2, -0.15) is 0 Å². The second-order valence-electron chi connectivity index (χ2n) is 5.38. The van der Waals surface area contributed by atoms with Gasteiger partial charge in [0.1, 0.15) is 12.1 Å². The van der Waals surface area contributed by atoms with Crippen molar-refractivity contribution in [1.82, 2.24) is 10.6 Å². The monoisotopic (exact) mass is 226 g/mol. The Balaban J connectivity index is 2.56. The molecule has 4 nitrogen and oxygen atoms in total. The smallest absolute Gasteiger partial charge is 0.243 e. The molecule has 2 amide bonds. The highest BCUT2D eigenvalue weighted by Gasteiger charge is 2.33. The van der Waals surface area contributed by atoms with Gasteiger partial charge in [-0.15, -0.1) is 0 Å². The lowest BCUT2D eigenvalue weighted by Gasteiger charge is -2.31. The van der Waals surface area contributed by atoms with Crippen LogP contribution in [0.3, 0.4) is 0 Å². The lowest BCUT2D eigenvalue weighted by molar-refractivity contribution is -0.137. The molecule has 1 aliphatic rings. The molecule has 0 saturated carbocycles. The van der Waals surface area contributed by atoms with Crippen LogP contribution in [0.15, 0.2) is 0 Å². The van der Waals surface area contributed by atoms with Gasteiger partial charge in [0, 0.05) is 0 Å². The van der Waals surface area contributed by atoms with E-state index in [1.807, 2.05) is 27.7 Å². The Bertz CT molecular complexity index is 246. The van der Waals surface area contributed by atoms with Crippen LogP contribution in [0, 0.1) is 11.8 Å². The molecule has 0 aliphatic carbocycles. The van der Waals surface area contributed by atoms with Crippen molar-refractivity contribution in [3.8, 4) is 0 Å². The number of hydrogen-bond acceptors (Lipinski definition) is 2. The number of rotatable bonds is 4. The van der Waals surface area contributed by atoms with Crippen LogP contribution >= 0.6 is 0 Å². The van der Waals surface area contributed by atoms with E-state index >= 15 is 0 Å². The van der Waals surface area contributed by atoms with Gasteiger partial charge in [-0.1, -0.05) is 27.7 Å². The van der Waals surface area contributed by atoms with Crippen LogP contribution in [-0.2, 0) is 9.59 Å². The van der Waals surface area contributed by atoms with E-state index in [9.17, 15) is 9.59 Å². The molecule has 0 bridgehead atoms. The van der Waals surface area contributed by atoms with Crippen molar-refractivity contribution >= 4 is 11.8 Å². The third-order valence-corrected chi connectivity index (χ3v) is 2.68. The second-order valence-corrected chi connectivity index (χ2v) is 5.38. The fourth-order valence-corrected chi connectivity index (χ4v) is 1.95. The fraction of sp³-hybridized carbons (Fsp3) is 0.833. The molecule has 92 valence electrons. The van der Waals surface area contributed by atoms with Crippen molar-refractivity contribution in [3.63, 3.8) is 0 Å². The summed E-state index contributed by atoms with van der Waals surface area (Å²) in [6.45, 7) is 8.17. The fourth-order valence-electron chi connectivity index (χ4n) is 1.95. The van der Waals surface area contributed by atoms with Gasteiger partial charge in [-0.05, 0) is 24.7 Å². The van der Waals surface area contributed by atoms with Gasteiger partial charge in [0.15, 0.2) is 0 Å². The summed E-state index contributed by atoms with van der Waals surface area (Å²) < 4.78 is 0. The normalized spacial score (nSPS) is 25.9. The molecule has 16 heavy (non-hydrogen) atoms. The summed E-state index contributed by atoms with van der Waals surface area (Å²) in [6, 6.07) is -0.702. The van der Waals surface area contributed by atoms with Gasteiger partial charge < -0.3 is 10.6 Å². The minimum absolute atomic E-state index is 0.0426. The number of carbonyl (C=O) groups is 2. The van der Waals surface area contributed by atoms with Gasteiger partial charge >= 0.3 is 0 Å².